The number of H-pyrrole nitrogens is 1. The Morgan fingerprint density at radius 3 is 2.35 bits per heavy atom. The number of anilines is 1. The van der Waals surface area contributed by atoms with Crippen molar-refractivity contribution in [1.82, 2.24) is 9.97 Å². The maximum atomic E-state index is 12.4. The number of aryl methyl sites for hydroxylation is 3. The fourth-order valence-corrected chi connectivity index (χ4v) is 3.72. The maximum absolute atomic E-state index is 12.4. The van der Waals surface area contributed by atoms with Crippen molar-refractivity contribution in [3.8, 4) is 0 Å². The molecule has 0 aliphatic heterocycles. The van der Waals surface area contributed by atoms with E-state index in [2.05, 4.69) is 15.3 Å². The van der Waals surface area contributed by atoms with Crippen LogP contribution in [0.2, 0.25) is 0 Å². The van der Waals surface area contributed by atoms with Gasteiger partial charge in [0, 0.05) is 11.4 Å². The van der Waals surface area contributed by atoms with E-state index in [1.807, 2.05) is 32.0 Å². The number of aromatic nitrogens is 2. The Labute approximate surface area is 156 Å². The van der Waals surface area contributed by atoms with Crippen molar-refractivity contribution < 1.29 is 9.59 Å². The molecule has 1 amide bonds. The highest BCUT2D eigenvalue weighted by Gasteiger charge is 2.17. The number of para-hydroxylation sites is 1. The van der Waals surface area contributed by atoms with Crippen LogP contribution < -0.4 is 11.0 Å². The SMILES string of the molecule is CCc1cccc(CC)c1NC(=O)CSc1nc(=O)[nH]c(C)c1C(C)=O. The highest BCUT2D eigenvalue weighted by Crippen LogP contribution is 2.25. The van der Waals surface area contributed by atoms with Crippen LogP contribution in [0, 0.1) is 6.92 Å². The van der Waals surface area contributed by atoms with Gasteiger partial charge in [0.15, 0.2) is 5.78 Å². The zero-order valence-electron chi connectivity index (χ0n) is 15.4. The summed E-state index contributed by atoms with van der Waals surface area (Å²) in [5.41, 5.74) is 3.30. The molecule has 0 spiro atoms. The van der Waals surface area contributed by atoms with Gasteiger partial charge in [-0.25, -0.2) is 4.79 Å². The number of amides is 1. The third-order valence-corrected chi connectivity index (χ3v) is 5.02. The van der Waals surface area contributed by atoms with Gasteiger partial charge in [-0.15, -0.1) is 0 Å². The number of hydrogen-bond donors (Lipinski definition) is 2. The molecule has 0 aliphatic rings. The third kappa shape index (κ3) is 4.60. The van der Waals surface area contributed by atoms with Crippen molar-refractivity contribution in [2.45, 2.75) is 45.6 Å². The first-order valence-electron chi connectivity index (χ1n) is 8.52. The second-order valence-electron chi connectivity index (χ2n) is 5.90. The van der Waals surface area contributed by atoms with Crippen LogP contribution in [0.25, 0.3) is 0 Å². The van der Waals surface area contributed by atoms with Gasteiger partial charge in [0.2, 0.25) is 5.91 Å². The fraction of sp³-hybridized carbons (Fsp3) is 0.368. The number of nitrogens with zero attached hydrogens (tertiary/aromatic N) is 1. The first kappa shape index (κ1) is 19.9. The van der Waals surface area contributed by atoms with Crippen molar-refractivity contribution >= 4 is 29.1 Å². The van der Waals surface area contributed by atoms with E-state index in [1.165, 1.54) is 6.92 Å². The molecule has 0 saturated carbocycles. The molecule has 6 nitrogen and oxygen atoms in total. The van der Waals surface area contributed by atoms with Gasteiger partial charge in [0.1, 0.15) is 5.03 Å². The average Bonchev–Trinajstić information content (AvgIpc) is 2.59. The van der Waals surface area contributed by atoms with Gasteiger partial charge in [-0.1, -0.05) is 43.8 Å². The normalized spacial score (nSPS) is 10.6. The quantitative estimate of drug-likeness (QED) is 0.442. The van der Waals surface area contributed by atoms with Gasteiger partial charge >= 0.3 is 5.69 Å². The van der Waals surface area contributed by atoms with Crippen molar-refractivity contribution in [3.63, 3.8) is 0 Å². The minimum absolute atomic E-state index is 0.0668. The van der Waals surface area contributed by atoms with Crippen LogP contribution in [0.5, 0.6) is 0 Å². The lowest BCUT2D eigenvalue weighted by atomic mass is 10.0. The smallest absolute Gasteiger partial charge is 0.325 e. The molecule has 7 heteroatoms. The van der Waals surface area contributed by atoms with Gasteiger partial charge in [-0.2, -0.15) is 4.98 Å². The lowest BCUT2D eigenvalue weighted by Gasteiger charge is -2.14. The Morgan fingerprint density at radius 2 is 1.81 bits per heavy atom. The minimum atomic E-state index is -0.528. The van der Waals surface area contributed by atoms with E-state index in [0.29, 0.717) is 11.3 Å². The lowest BCUT2D eigenvalue weighted by Crippen LogP contribution is -2.20. The highest BCUT2D eigenvalue weighted by molar-refractivity contribution is 8.00. The van der Waals surface area contributed by atoms with E-state index in [-0.39, 0.29) is 22.5 Å². The average molecular weight is 373 g/mol. The van der Waals surface area contributed by atoms with E-state index < -0.39 is 5.69 Å². The van der Waals surface area contributed by atoms with Gasteiger partial charge in [0.25, 0.3) is 0 Å². The minimum Gasteiger partial charge on any atom is -0.325 e. The van der Waals surface area contributed by atoms with Gasteiger partial charge in [0.05, 0.1) is 11.3 Å². The topological polar surface area (TPSA) is 91.9 Å². The number of ketones is 1. The van der Waals surface area contributed by atoms with Crippen LogP contribution in [-0.4, -0.2) is 27.4 Å². The zero-order chi connectivity index (χ0) is 19.3. The number of rotatable bonds is 7. The molecule has 26 heavy (non-hydrogen) atoms. The van der Waals surface area contributed by atoms with Crippen LogP contribution in [0.3, 0.4) is 0 Å². The molecule has 1 heterocycles. The number of hydrogen-bond acceptors (Lipinski definition) is 5. The number of Topliss-reactive ketones (excluding diaryl/α,β-unsaturated/α-hetero) is 1. The maximum Gasteiger partial charge on any atom is 0.346 e. The van der Waals surface area contributed by atoms with Crippen molar-refractivity contribution in [3.05, 3.63) is 51.1 Å². The molecule has 0 bridgehead atoms. The van der Waals surface area contributed by atoms with E-state index in [4.69, 9.17) is 0 Å². The molecule has 0 radical (unpaired) electrons. The molecule has 2 rings (SSSR count). The molecular weight excluding hydrogens is 350 g/mol. The summed E-state index contributed by atoms with van der Waals surface area (Å²) in [4.78, 5) is 42.2. The Balaban J connectivity index is 2.19. The number of carbonyl (C=O) groups excluding carboxylic acids is 2. The van der Waals surface area contributed by atoms with E-state index in [1.54, 1.807) is 6.92 Å². The standard InChI is InChI=1S/C19H23N3O3S/c1-5-13-8-7-9-14(6-2)17(13)21-15(24)10-26-18-16(12(4)23)11(3)20-19(25)22-18/h7-9H,5-6,10H2,1-4H3,(H,21,24)(H,20,22,25). The van der Waals surface area contributed by atoms with Crippen molar-refractivity contribution in [2.75, 3.05) is 11.1 Å². The van der Waals surface area contributed by atoms with Crippen LogP contribution in [0.4, 0.5) is 5.69 Å². The summed E-state index contributed by atoms with van der Waals surface area (Å²) in [7, 11) is 0. The molecular formula is C19H23N3O3S. The second-order valence-corrected chi connectivity index (χ2v) is 6.86. The van der Waals surface area contributed by atoms with Crippen LogP contribution in [0.15, 0.2) is 28.0 Å². The highest BCUT2D eigenvalue weighted by atomic mass is 32.2. The number of carbonyl (C=O) groups is 2. The van der Waals surface area contributed by atoms with Gasteiger partial charge in [-0.3, -0.25) is 9.59 Å². The molecule has 0 atom stereocenters. The van der Waals surface area contributed by atoms with E-state index in [0.717, 1.165) is 41.4 Å². The van der Waals surface area contributed by atoms with Crippen molar-refractivity contribution in [2.24, 2.45) is 0 Å². The molecule has 0 fully saturated rings. The number of thioether (sulfide) groups is 1. The first-order valence-corrected chi connectivity index (χ1v) is 9.51. The summed E-state index contributed by atoms with van der Waals surface area (Å²) >= 11 is 1.09. The first-order chi connectivity index (χ1) is 12.4. The molecule has 0 unspecified atom stereocenters. The zero-order valence-corrected chi connectivity index (χ0v) is 16.3. The Kier molecular flexibility index (Phi) is 6.74. The van der Waals surface area contributed by atoms with Gasteiger partial charge < -0.3 is 10.3 Å². The molecule has 138 valence electrons. The predicted molar refractivity (Wildman–Crippen MR) is 104 cm³/mol. The number of benzene rings is 1. The third-order valence-electron chi connectivity index (χ3n) is 4.04. The summed E-state index contributed by atoms with van der Waals surface area (Å²) in [6, 6.07) is 5.99. The molecule has 2 N–H and O–H groups in total. The lowest BCUT2D eigenvalue weighted by molar-refractivity contribution is -0.113. The summed E-state index contributed by atoms with van der Waals surface area (Å²) in [5, 5.41) is 3.26. The Bertz CT molecular complexity index is 868. The summed E-state index contributed by atoms with van der Waals surface area (Å²) in [6.45, 7) is 7.15. The number of nitrogens with one attached hydrogen (secondary N) is 2. The summed E-state index contributed by atoms with van der Waals surface area (Å²) < 4.78 is 0. The Morgan fingerprint density at radius 1 is 1.19 bits per heavy atom. The van der Waals surface area contributed by atoms with Crippen LogP contribution in [0.1, 0.15) is 48.0 Å². The van der Waals surface area contributed by atoms with Crippen LogP contribution >= 0.6 is 11.8 Å². The van der Waals surface area contributed by atoms with Crippen molar-refractivity contribution in [1.29, 1.82) is 0 Å². The molecule has 1 aromatic carbocycles. The number of aromatic amines is 1. The monoisotopic (exact) mass is 373 g/mol. The molecule has 0 aliphatic carbocycles. The summed E-state index contributed by atoms with van der Waals surface area (Å²) in [6.07, 6.45) is 1.64. The van der Waals surface area contributed by atoms with E-state index in [9.17, 15) is 14.4 Å². The second kappa shape index (κ2) is 8.80. The summed E-state index contributed by atoms with van der Waals surface area (Å²) in [5.74, 6) is -0.323. The molecule has 2 aromatic rings. The molecule has 0 saturated heterocycles. The predicted octanol–water partition coefficient (Wildman–Crippen LogP) is 3.14. The van der Waals surface area contributed by atoms with Crippen LogP contribution in [-0.2, 0) is 17.6 Å². The van der Waals surface area contributed by atoms with Gasteiger partial charge in [-0.05, 0) is 37.8 Å². The Hall–Kier alpha value is -2.41. The largest absolute Gasteiger partial charge is 0.346 e. The van der Waals surface area contributed by atoms with E-state index >= 15 is 0 Å². The molecule has 1 aromatic heterocycles. The fourth-order valence-electron chi connectivity index (χ4n) is 2.79.